The molecule has 168 valence electrons. The molecule has 0 unspecified atom stereocenters. The second-order valence-corrected chi connectivity index (χ2v) is 11.2. The van der Waals surface area contributed by atoms with Gasteiger partial charge in [-0.1, -0.05) is 39.0 Å². The predicted octanol–water partition coefficient (Wildman–Crippen LogP) is 5.51. The number of carbonyl (C=O) groups is 1. The van der Waals surface area contributed by atoms with Gasteiger partial charge < -0.3 is 4.90 Å². The van der Waals surface area contributed by atoms with Gasteiger partial charge in [0.05, 0.1) is 16.1 Å². The maximum atomic E-state index is 13.3. The number of hydrogen-bond donors (Lipinski definition) is 1. The highest BCUT2D eigenvalue weighted by Crippen LogP contribution is 2.31. The molecule has 5 nitrogen and oxygen atoms in total. The van der Waals surface area contributed by atoms with Crippen LogP contribution in [0.4, 0.5) is 5.69 Å². The number of aryl methyl sites for hydroxylation is 1. The lowest BCUT2D eigenvalue weighted by Crippen LogP contribution is -2.38. The van der Waals surface area contributed by atoms with Crippen LogP contribution >= 0.6 is 11.8 Å². The topological polar surface area (TPSA) is 66.5 Å². The molecule has 0 atom stereocenters. The summed E-state index contributed by atoms with van der Waals surface area (Å²) >= 11 is 1.46. The molecule has 0 aliphatic carbocycles. The first-order valence-electron chi connectivity index (χ1n) is 10.7. The normalized spacial score (nSPS) is 15.4. The van der Waals surface area contributed by atoms with E-state index < -0.39 is 10.0 Å². The van der Waals surface area contributed by atoms with E-state index in [4.69, 9.17) is 0 Å². The van der Waals surface area contributed by atoms with E-state index in [-0.39, 0.29) is 16.7 Å². The maximum Gasteiger partial charge on any atom is 0.261 e. The van der Waals surface area contributed by atoms with Gasteiger partial charge in [0.25, 0.3) is 15.9 Å². The Labute approximate surface area is 190 Å². The summed E-state index contributed by atoms with van der Waals surface area (Å²) in [5.74, 6) is 0.700. The van der Waals surface area contributed by atoms with Crippen molar-refractivity contribution in [1.29, 1.82) is 0 Å². The Kier molecular flexibility index (Phi) is 7.37. The number of para-hydroxylation sites is 1. The third kappa shape index (κ3) is 5.26. The van der Waals surface area contributed by atoms with Crippen LogP contribution in [0, 0.1) is 12.8 Å². The van der Waals surface area contributed by atoms with E-state index in [1.54, 1.807) is 12.1 Å². The smallest absolute Gasteiger partial charge is 0.261 e. The van der Waals surface area contributed by atoms with Crippen LogP contribution in [0.5, 0.6) is 0 Å². The molecule has 3 rings (SSSR count). The second kappa shape index (κ2) is 9.65. The Hall–Kier alpha value is -1.99. The SMILES string of the molecule is CSc1ccc(S(=O)(=O)Nc2c(C)cccc2C(C)C)cc1C(=O)N1CCC(C)CC1. The number of likely N-dealkylation sites (tertiary alicyclic amines) is 1. The Bertz CT molecular complexity index is 1060. The molecule has 1 heterocycles. The first-order chi connectivity index (χ1) is 14.6. The predicted molar refractivity (Wildman–Crippen MR) is 129 cm³/mol. The van der Waals surface area contributed by atoms with E-state index in [9.17, 15) is 13.2 Å². The Morgan fingerprint density at radius 3 is 2.45 bits per heavy atom. The standard InChI is InChI=1S/C24H32N2O3S2/c1-16(2)20-8-6-7-18(4)23(20)25-31(28,29)19-9-10-22(30-5)21(15-19)24(27)26-13-11-17(3)12-14-26/h6-10,15-17,25H,11-14H2,1-5H3. The summed E-state index contributed by atoms with van der Waals surface area (Å²) in [6.45, 7) is 9.60. The van der Waals surface area contributed by atoms with Crippen LogP contribution < -0.4 is 4.72 Å². The summed E-state index contributed by atoms with van der Waals surface area (Å²) < 4.78 is 29.3. The van der Waals surface area contributed by atoms with Crippen molar-refractivity contribution in [3.8, 4) is 0 Å². The van der Waals surface area contributed by atoms with E-state index in [2.05, 4.69) is 11.6 Å². The molecule has 2 aromatic rings. The zero-order chi connectivity index (χ0) is 22.8. The molecule has 1 aliphatic heterocycles. The number of benzene rings is 2. The van der Waals surface area contributed by atoms with E-state index in [1.165, 1.54) is 17.8 Å². The highest BCUT2D eigenvalue weighted by molar-refractivity contribution is 7.98. The number of nitrogens with one attached hydrogen (secondary N) is 1. The summed E-state index contributed by atoms with van der Waals surface area (Å²) in [5.41, 5.74) is 2.89. The lowest BCUT2D eigenvalue weighted by atomic mass is 9.98. The number of piperidine rings is 1. The van der Waals surface area contributed by atoms with Crippen LogP contribution in [0.15, 0.2) is 46.2 Å². The van der Waals surface area contributed by atoms with Crippen LogP contribution in [0.3, 0.4) is 0 Å². The molecule has 1 fully saturated rings. The lowest BCUT2D eigenvalue weighted by Gasteiger charge is -2.31. The summed E-state index contributed by atoms with van der Waals surface area (Å²) in [6, 6.07) is 10.6. The van der Waals surface area contributed by atoms with Crippen LogP contribution in [-0.4, -0.2) is 38.6 Å². The number of amides is 1. The Balaban J connectivity index is 1.96. The van der Waals surface area contributed by atoms with Crippen molar-refractivity contribution in [2.45, 2.75) is 56.2 Å². The molecule has 0 radical (unpaired) electrons. The van der Waals surface area contributed by atoms with Gasteiger partial charge in [-0.3, -0.25) is 9.52 Å². The number of thioether (sulfide) groups is 1. The zero-order valence-corrected chi connectivity index (χ0v) is 20.6. The number of sulfonamides is 1. The van der Waals surface area contributed by atoms with Crippen LogP contribution in [0.2, 0.25) is 0 Å². The molecule has 0 aromatic heterocycles. The van der Waals surface area contributed by atoms with Gasteiger partial charge in [-0.2, -0.15) is 0 Å². The van der Waals surface area contributed by atoms with Crippen molar-refractivity contribution in [3.05, 3.63) is 53.1 Å². The van der Waals surface area contributed by atoms with E-state index in [0.29, 0.717) is 30.3 Å². The molecule has 0 bridgehead atoms. The average Bonchev–Trinajstić information content (AvgIpc) is 2.74. The highest BCUT2D eigenvalue weighted by atomic mass is 32.2. The van der Waals surface area contributed by atoms with Gasteiger partial charge in [0, 0.05) is 18.0 Å². The molecular formula is C24H32N2O3S2. The van der Waals surface area contributed by atoms with Gasteiger partial charge in [0.1, 0.15) is 0 Å². The van der Waals surface area contributed by atoms with Crippen molar-refractivity contribution < 1.29 is 13.2 Å². The number of carbonyl (C=O) groups excluding carboxylic acids is 1. The minimum atomic E-state index is -3.84. The molecule has 0 saturated carbocycles. The van der Waals surface area contributed by atoms with Gasteiger partial charge >= 0.3 is 0 Å². The van der Waals surface area contributed by atoms with Gasteiger partial charge in [-0.15, -0.1) is 11.8 Å². The van der Waals surface area contributed by atoms with Crippen molar-refractivity contribution >= 4 is 33.4 Å². The van der Waals surface area contributed by atoms with Crippen molar-refractivity contribution in [1.82, 2.24) is 4.90 Å². The zero-order valence-electron chi connectivity index (χ0n) is 18.9. The van der Waals surface area contributed by atoms with Crippen LogP contribution in [0.1, 0.15) is 61.0 Å². The van der Waals surface area contributed by atoms with Crippen molar-refractivity contribution in [2.24, 2.45) is 5.92 Å². The quantitative estimate of drug-likeness (QED) is 0.577. The fourth-order valence-corrected chi connectivity index (χ4v) is 5.66. The largest absolute Gasteiger partial charge is 0.339 e. The summed E-state index contributed by atoms with van der Waals surface area (Å²) in [4.78, 5) is 16.0. The minimum Gasteiger partial charge on any atom is -0.339 e. The summed E-state index contributed by atoms with van der Waals surface area (Å²) in [5, 5.41) is 0. The van der Waals surface area contributed by atoms with Gasteiger partial charge in [-0.25, -0.2) is 8.42 Å². The van der Waals surface area contributed by atoms with Gasteiger partial charge in [0.15, 0.2) is 0 Å². The monoisotopic (exact) mass is 460 g/mol. The molecule has 1 saturated heterocycles. The lowest BCUT2D eigenvalue weighted by molar-refractivity contribution is 0.0693. The first kappa shape index (κ1) is 23.7. The fraction of sp³-hybridized carbons (Fsp3) is 0.458. The second-order valence-electron chi connectivity index (χ2n) is 8.64. The molecule has 1 N–H and O–H groups in total. The molecule has 2 aromatic carbocycles. The van der Waals surface area contributed by atoms with Gasteiger partial charge in [0.2, 0.25) is 0 Å². The third-order valence-electron chi connectivity index (χ3n) is 5.95. The summed E-state index contributed by atoms with van der Waals surface area (Å²) in [6.07, 6.45) is 3.86. The first-order valence-corrected chi connectivity index (χ1v) is 13.4. The van der Waals surface area contributed by atoms with Crippen molar-refractivity contribution in [2.75, 3.05) is 24.1 Å². The molecule has 7 heteroatoms. The van der Waals surface area contributed by atoms with E-state index in [0.717, 1.165) is 28.9 Å². The molecule has 0 spiro atoms. The Morgan fingerprint density at radius 1 is 1.16 bits per heavy atom. The van der Waals surface area contributed by atoms with Crippen molar-refractivity contribution in [3.63, 3.8) is 0 Å². The highest BCUT2D eigenvalue weighted by Gasteiger charge is 2.26. The van der Waals surface area contributed by atoms with Gasteiger partial charge in [-0.05, 0) is 67.2 Å². The third-order valence-corrected chi connectivity index (χ3v) is 8.09. The van der Waals surface area contributed by atoms with Crippen LogP contribution in [-0.2, 0) is 10.0 Å². The molecule has 1 aliphatic rings. The number of nitrogens with zero attached hydrogens (tertiary/aromatic N) is 1. The number of hydrogen-bond acceptors (Lipinski definition) is 4. The maximum absolute atomic E-state index is 13.3. The van der Waals surface area contributed by atoms with Crippen LogP contribution in [0.25, 0.3) is 0 Å². The van der Waals surface area contributed by atoms with E-state index >= 15 is 0 Å². The minimum absolute atomic E-state index is 0.0907. The summed E-state index contributed by atoms with van der Waals surface area (Å²) in [7, 11) is -3.84. The molecule has 1 amide bonds. The Morgan fingerprint density at radius 2 is 1.84 bits per heavy atom. The molecular weight excluding hydrogens is 428 g/mol. The number of anilines is 1. The van der Waals surface area contributed by atoms with E-state index in [1.807, 2.05) is 50.1 Å². The fourth-order valence-electron chi connectivity index (χ4n) is 3.91. The molecule has 31 heavy (non-hydrogen) atoms. The number of rotatable bonds is 6. The average molecular weight is 461 g/mol.